The van der Waals surface area contributed by atoms with E-state index in [1.54, 1.807) is 6.92 Å². The van der Waals surface area contributed by atoms with Crippen LogP contribution in [0.3, 0.4) is 0 Å². The quantitative estimate of drug-likeness (QED) is 0.751. The van der Waals surface area contributed by atoms with E-state index in [1.165, 1.54) is 17.1 Å². The van der Waals surface area contributed by atoms with E-state index in [0.29, 0.717) is 5.82 Å². The highest BCUT2D eigenvalue weighted by Crippen LogP contribution is 2.12. The van der Waals surface area contributed by atoms with Crippen molar-refractivity contribution in [1.29, 1.82) is 0 Å². The van der Waals surface area contributed by atoms with E-state index in [2.05, 4.69) is 20.5 Å². The molecule has 0 saturated carbocycles. The zero-order valence-corrected chi connectivity index (χ0v) is 7.88. The van der Waals surface area contributed by atoms with E-state index < -0.39 is 6.55 Å². The van der Waals surface area contributed by atoms with Crippen LogP contribution in [-0.4, -0.2) is 29.8 Å². The first kappa shape index (κ1) is 9.69. The third-order valence-electron chi connectivity index (χ3n) is 1.96. The van der Waals surface area contributed by atoms with Gasteiger partial charge in [-0.2, -0.15) is 8.78 Å². The summed E-state index contributed by atoms with van der Waals surface area (Å²) >= 11 is 0. The number of aryl methyl sites for hydroxylation is 1. The van der Waals surface area contributed by atoms with Crippen molar-refractivity contribution in [2.24, 2.45) is 0 Å². The Morgan fingerprint density at radius 1 is 1.47 bits per heavy atom. The van der Waals surface area contributed by atoms with E-state index in [-0.39, 0.29) is 12.4 Å². The topological polar surface area (TPSA) is 61.4 Å². The summed E-state index contributed by atoms with van der Waals surface area (Å²) in [6.07, 6.45) is 2.54. The maximum absolute atomic E-state index is 12.5. The van der Waals surface area contributed by atoms with Crippen molar-refractivity contribution in [2.75, 3.05) is 0 Å². The van der Waals surface area contributed by atoms with Crippen molar-refractivity contribution in [3.8, 4) is 0 Å². The molecule has 15 heavy (non-hydrogen) atoms. The summed E-state index contributed by atoms with van der Waals surface area (Å²) in [6, 6.07) is 0. The third kappa shape index (κ3) is 1.83. The number of aromatic nitrogens is 6. The van der Waals surface area contributed by atoms with E-state index in [0.717, 1.165) is 4.57 Å². The van der Waals surface area contributed by atoms with Gasteiger partial charge >= 0.3 is 6.55 Å². The number of imidazole rings is 1. The molecule has 80 valence electrons. The Labute approximate surface area is 83.5 Å². The lowest BCUT2D eigenvalue weighted by Gasteiger charge is -2.05. The van der Waals surface area contributed by atoms with Gasteiger partial charge in [0, 0.05) is 12.4 Å². The minimum absolute atomic E-state index is 0.135. The van der Waals surface area contributed by atoms with E-state index in [4.69, 9.17) is 0 Å². The molecule has 6 nitrogen and oxygen atoms in total. The molecule has 2 rings (SSSR count). The second-order valence-electron chi connectivity index (χ2n) is 2.91. The number of halogens is 2. The molecule has 8 heteroatoms. The molecule has 0 N–H and O–H groups in total. The maximum Gasteiger partial charge on any atom is 0.319 e. The molecule has 0 bridgehead atoms. The number of rotatable bonds is 3. The Kier molecular flexibility index (Phi) is 2.40. The van der Waals surface area contributed by atoms with Crippen molar-refractivity contribution in [2.45, 2.75) is 20.0 Å². The lowest BCUT2D eigenvalue weighted by atomic mass is 10.5. The Bertz CT molecular complexity index is 448. The van der Waals surface area contributed by atoms with Gasteiger partial charge in [0.25, 0.3) is 0 Å². The van der Waals surface area contributed by atoms with Crippen molar-refractivity contribution in [1.82, 2.24) is 29.8 Å². The Balaban J connectivity index is 2.25. The molecule has 2 aromatic heterocycles. The Hall–Kier alpha value is -1.86. The van der Waals surface area contributed by atoms with Gasteiger partial charge in [0.1, 0.15) is 18.2 Å². The SMILES string of the molecule is Cc1nnnn1Cc1nccn1C(F)F. The predicted molar refractivity (Wildman–Crippen MR) is 45.1 cm³/mol. The number of hydrogen-bond donors (Lipinski definition) is 0. The largest absolute Gasteiger partial charge is 0.319 e. The van der Waals surface area contributed by atoms with Crippen LogP contribution in [0.2, 0.25) is 0 Å². The standard InChI is InChI=1S/C7H8F2N6/c1-5-11-12-13-15(5)4-6-10-2-3-14(6)7(8)9/h2-3,7H,4H2,1H3. The zero-order valence-electron chi connectivity index (χ0n) is 7.88. The molecular weight excluding hydrogens is 206 g/mol. The van der Waals surface area contributed by atoms with Crippen molar-refractivity contribution < 1.29 is 8.78 Å². The van der Waals surface area contributed by atoms with Gasteiger partial charge in [-0.3, -0.25) is 4.57 Å². The van der Waals surface area contributed by atoms with Crippen LogP contribution in [0.4, 0.5) is 8.78 Å². The maximum atomic E-state index is 12.5. The fourth-order valence-corrected chi connectivity index (χ4v) is 1.17. The Morgan fingerprint density at radius 3 is 2.87 bits per heavy atom. The number of hydrogen-bond acceptors (Lipinski definition) is 4. The van der Waals surface area contributed by atoms with Crippen LogP contribution in [0.25, 0.3) is 0 Å². The van der Waals surface area contributed by atoms with Gasteiger partial charge in [0.2, 0.25) is 0 Å². The third-order valence-corrected chi connectivity index (χ3v) is 1.96. The smallest absolute Gasteiger partial charge is 0.276 e. The highest BCUT2D eigenvalue weighted by molar-refractivity contribution is 4.94. The minimum Gasteiger partial charge on any atom is -0.276 e. The summed E-state index contributed by atoms with van der Waals surface area (Å²) in [5, 5.41) is 10.7. The average molecular weight is 214 g/mol. The van der Waals surface area contributed by atoms with Crippen LogP contribution < -0.4 is 0 Å². The fraction of sp³-hybridized carbons (Fsp3) is 0.429. The van der Waals surface area contributed by atoms with Crippen LogP contribution in [0, 0.1) is 6.92 Å². The lowest BCUT2D eigenvalue weighted by Crippen LogP contribution is -2.11. The molecular formula is C7H8F2N6. The van der Waals surface area contributed by atoms with E-state index in [9.17, 15) is 8.78 Å². The van der Waals surface area contributed by atoms with Gasteiger partial charge in [-0.25, -0.2) is 9.67 Å². The molecule has 0 fully saturated rings. The summed E-state index contributed by atoms with van der Waals surface area (Å²) in [4.78, 5) is 3.82. The first-order valence-electron chi connectivity index (χ1n) is 4.21. The summed E-state index contributed by atoms with van der Waals surface area (Å²) < 4.78 is 27.1. The van der Waals surface area contributed by atoms with Gasteiger partial charge in [-0.15, -0.1) is 5.10 Å². The molecule has 0 aliphatic heterocycles. The molecule has 0 aliphatic carbocycles. The molecule has 0 spiro atoms. The van der Waals surface area contributed by atoms with E-state index >= 15 is 0 Å². The second kappa shape index (κ2) is 3.71. The van der Waals surface area contributed by atoms with Gasteiger partial charge in [0.05, 0.1) is 0 Å². The van der Waals surface area contributed by atoms with Gasteiger partial charge in [-0.1, -0.05) is 0 Å². The molecule has 0 aliphatic rings. The summed E-state index contributed by atoms with van der Waals surface area (Å²) in [7, 11) is 0. The molecule has 0 amide bonds. The van der Waals surface area contributed by atoms with Crippen LogP contribution in [-0.2, 0) is 6.54 Å². The number of alkyl halides is 2. The summed E-state index contributed by atoms with van der Waals surface area (Å²) in [5.41, 5.74) is 0. The van der Waals surface area contributed by atoms with Crippen LogP contribution in [0.15, 0.2) is 12.4 Å². The highest BCUT2D eigenvalue weighted by Gasteiger charge is 2.12. The van der Waals surface area contributed by atoms with Gasteiger partial charge in [-0.05, 0) is 17.4 Å². The second-order valence-corrected chi connectivity index (χ2v) is 2.91. The molecule has 2 aromatic rings. The first-order chi connectivity index (χ1) is 7.18. The first-order valence-corrected chi connectivity index (χ1v) is 4.21. The van der Waals surface area contributed by atoms with Crippen LogP contribution in [0.5, 0.6) is 0 Å². The van der Waals surface area contributed by atoms with Crippen molar-refractivity contribution in [3.63, 3.8) is 0 Å². The van der Waals surface area contributed by atoms with Crippen molar-refractivity contribution >= 4 is 0 Å². The molecule has 2 heterocycles. The zero-order chi connectivity index (χ0) is 10.8. The Morgan fingerprint density at radius 2 is 2.27 bits per heavy atom. The molecule has 0 aromatic carbocycles. The highest BCUT2D eigenvalue weighted by atomic mass is 19.3. The van der Waals surface area contributed by atoms with Crippen LogP contribution >= 0.6 is 0 Å². The molecule has 0 unspecified atom stereocenters. The molecule has 0 atom stereocenters. The van der Waals surface area contributed by atoms with E-state index in [1.807, 2.05) is 0 Å². The molecule has 0 saturated heterocycles. The predicted octanol–water partition coefficient (Wildman–Crippen LogP) is 0.621. The number of nitrogens with zero attached hydrogens (tertiary/aromatic N) is 6. The average Bonchev–Trinajstić information content (AvgIpc) is 2.77. The molecule has 0 radical (unpaired) electrons. The fourth-order valence-electron chi connectivity index (χ4n) is 1.17. The van der Waals surface area contributed by atoms with Gasteiger partial charge < -0.3 is 0 Å². The summed E-state index contributed by atoms with van der Waals surface area (Å²) in [6.45, 7) is -0.773. The van der Waals surface area contributed by atoms with Crippen molar-refractivity contribution in [3.05, 3.63) is 24.0 Å². The van der Waals surface area contributed by atoms with Gasteiger partial charge in [0.15, 0.2) is 0 Å². The normalized spacial score (nSPS) is 11.2. The number of tetrazole rings is 1. The monoisotopic (exact) mass is 214 g/mol. The van der Waals surface area contributed by atoms with Crippen LogP contribution in [0.1, 0.15) is 18.2 Å². The minimum atomic E-state index is -2.60. The lowest BCUT2D eigenvalue weighted by molar-refractivity contribution is 0.0665. The summed E-state index contributed by atoms with van der Waals surface area (Å²) in [5.74, 6) is 0.777.